The lowest BCUT2D eigenvalue weighted by atomic mass is 10.2. The maximum absolute atomic E-state index is 11.3. The van der Waals surface area contributed by atoms with Crippen LogP contribution < -0.4 is 10.5 Å². The van der Waals surface area contributed by atoms with Crippen LogP contribution in [-0.2, 0) is 6.61 Å². The predicted molar refractivity (Wildman–Crippen MR) is 77.4 cm³/mol. The fourth-order valence-corrected chi connectivity index (χ4v) is 1.95. The van der Waals surface area contributed by atoms with Gasteiger partial charge in [-0.15, -0.1) is 0 Å². The summed E-state index contributed by atoms with van der Waals surface area (Å²) < 4.78 is 5.51. The van der Waals surface area contributed by atoms with E-state index >= 15 is 0 Å². The van der Waals surface area contributed by atoms with Crippen molar-refractivity contribution < 1.29 is 14.5 Å². The SMILES string of the molecule is NC(=O)c1ccccc1OCc1ccc([N+](=O)[O-])cc1Cl. The fraction of sp³-hybridized carbons (Fsp3) is 0.0714. The van der Waals surface area contributed by atoms with E-state index in [0.717, 1.165) is 0 Å². The third kappa shape index (κ3) is 3.49. The minimum absolute atomic E-state index is 0.0706. The number of rotatable bonds is 5. The number of carbonyl (C=O) groups is 1. The van der Waals surface area contributed by atoms with E-state index in [2.05, 4.69) is 0 Å². The zero-order valence-corrected chi connectivity index (χ0v) is 11.5. The number of hydrogen-bond acceptors (Lipinski definition) is 4. The Hall–Kier alpha value is -2.60. The van der Waals surface area contributed by atoms with Gasteiger partial charge in [0.1, 0.15) is 12.4 Å². The molecule has 0 aliphatic heterocycles. The summed E-state index contributed by atoms with van der Waals surface area (Å²) in [6.45, 7) is 0.0706. The number of nitrogens with zero attached hydrogens (tertiary/aromatic N) is 1. The van der Waals surface area contributed by atoms with Gasteiger partial charge < -0.3 is 10.5 Å². The standard InChI is InChI=1S/C14H11ClN2O4/c15-12-7-10(17(19)20)6-5-9(12)8-21-13-4-2-1-3-11(13)14(16)18/h1-7H,8H2,(H2,16,18). The highest BCUT2D eigenvalue weighted by Crippen LogP contribution is 2.25. The minimum Gasteiger partial charge on any atom is -0.488 e. The minimum atomic E-state index is -0.597. The number of non-ortho nitro benzene ring substituents is 1. The first-order valence-corrected chi connectivity index (χ1v) is 6.31. The Labute approximate surface area is 125 Å². The molecule has 1 amide bonds. The van der Waals surface area contributed by atoms with Crippen LogP contribution in [0.25, 0.3) is 0 Å². The number of nitro benzene ring substituents is 1. The van der Waals surface area contributed by atoms with Gasteiger partial charge >= 0.3 is 0 Å². The Morgan fingerprint density at radius 1 is 1.29 bits per heavy atom. The Balaban J connectivity index is 2.17. The molecule has 0 saturated carbocycles. The van der Waals surface area contributed by atoms with E-state index in [9.17, 15) is 14.9 Å². The zero-order valence-electron chi connectivity index (χ0n) is 10.8. The van der Waals surface area contributed by atoms with Gasteiger partial charge in [0.05, 0.1) is 15.5 Å². The number of primary amides is 1. The predicted octanol–water partition coefficient (Wildman–Crippen LogP) is 2.93. The number of para-hydroxylation sites is 1. The molecule has 2 rings (SSSR count). The molecule has 0 unspecified atom stereocenters. The van der Waals surface area contributed by atoms with Crippen molar-refractivity contribution in [2.75, 3.05) is 0 Å². The summed E-state index contributed by atoms with van der Waals surface area (Å²) in [5, 5.41) is 10.9. The highest BCUT2D eigenvalue weighted by atomic mass is 35.5. The molecule has 0 heterocycles. The maximum atomic E-state index is 11.3. The normalized spacial score (nSPS) is 10.1. The van der Waals surface area contributed by atoms with E-state index in [-0.39, 0.29) is 22.9 Å². The zero-order chi connectivity index (χ0) is 15.4. The Bertz CT molecular complexity index is 703. The van der Waals surface area contributed by atoms with Crippen molar-refractivity contribution in [2.24, 2.45) is 5.73 Å². The van der Waals surface area contributed by atoms with E-state index in [1.165, 1.54) is 18.2 Å². The molecule has 0 saturated heterocycles. The van der Waals surface area contributed by atoms with Crippen LogP contribution in [0.4, 0.5) is 5.69 Å². The van der Waals surface area contributed by atoms with Crippen molar-refractivity contribution in [1.29, 1.82) is 0 Å². The van der Waals surface area contributed by atoms with Crippen LogP contribution in [0.5, 0.6) is 5.75 Å². The monoisotopic (exact) mass is 306 g/mol. The third-order valence-corrected chi connectivity index (χ3v) is 3.14. The average Bonchev–Trinajstić information content (AvgIpc) is 2.46. The quantitative estimate of drug-likeness (QED) is 0.678. The lowest BCUT2D eigenvalue weighted by molar-refractivity contribution is -0.384. The Morgan fingerprint density at radius 3 is 2.62 bits per heavy atom. The van der Waals surface area contributed by atoms with E-state index in [4.69, 9.17) is 22.1 Å². The summed E-state index contributed by atoms with van der Waals surface area (Å²) in [5.41, 5.74) is 5.98. The molecule has 6 nitrogen and oxygen atoms in total. The topological polar surface area (TPSA) is 95.5 Å². The largest absolute Gasteiger partial charge is 0.488 e. The number of ether oxygens (including phenoxy) is 1. The molecule has 0 aliphatic rings. The van der Waals surface area contributed by atoms with Crippen LogP contribution >= 0.6 is 11.6 Å². The second-order valence-electron chi connectivity index (χ2n) is 4.18. The van der Waals surface area contributed by atoms with Gasteiger partial charge in [-0.3, -0.25) is 14.9 Å². The van der Waals surface area contributed by atoms with Crippen molar-refractivity contribution in [3.05, 3.63) is 68.7 Å². The summed E-state index contributed by atoms with van der Waals surface area (Å²) >= 11 is 5.97. The first-order valence-electron chi connectivity index (χ1n) is 5.93. The van der Waals surface area contributed by atoms with Gasteiger partial charge in [0.25, 0.3) is 11.6 Å². The summed E-state index contributed by atoms with van der Waals surface area (Å²) in [6.07, 6.45) is 0. The van der Waals surface area contributed by atoms with Gasteiger partial charge in [-0.25, -0.2) is 0 Å². The molecule has 21 heavy (non-hydrogen) atoms. The summed E-state index contributed by atoms with van der Waals surface area (Å²) in [4.78, 5) is 21.4. The van der Waals surface area contributed by atoms with E-state index in [1.54, 1.807) is 24.3 Å². The molecule has 2 aromatic rings. The van der Waals surface area contributed by atoms with Crippen molar-refractivity contribution in [1.82, 2.24) is 0 Å². The molecular formula is C14H11ClN2O4. The molecule has 0 radical (unpaired) electrons. The first kappa shape index (κ1) is 14.8. The first-order chi connectivity index (χ1) is 9.99. The number of hydrogen-bond donors (Lipinski definition) is 1. The highest BCUT2D eigenvalue weighted by molar-refractivity contribution is 6.31. The molecule has 7 heteroatoms. The number of halogens is 1. The number of carbonyl (C=O) groups excluding carboxylic acids is 1. The number of amides is 1. The number of nitrogens with two attached hydrogens (primary N) is 1. The van der Waals surface area contributed by atoms with Crippen LogP contribution in [0.2, 0.25) is 5.02 Å². The van der Waals surface area contributed by atoms with Crippen LogP contribution in [0.15, 0.2) is 42.5 Å². The molecule has 2 aromatic carbocycles. The molecule has 0 bridgehead atoms. The van der Waals surface area contributed by atoms with Crippen LogP contribution in [0.1, 0.15) is 15.9 Å². The summed E-state index contributed by atoms with van der Waals surface area (Å²) in [7, 11) is 0. The Morgan fingerprint density at radius 2 is 2.00 bits per heavy atom. The molecule has 108 valence electrons. The molecule has 0 atom stereocenters. The van der Waals surface area contributed by atoms with Gasteiger partial charge in [0, 0.05) is 17.7 Å². The third-order valence-electron chi connectivity index (χ3n) is 2.78. The lowest BCUT2D eigenvalue weighted by Crippen LogP contribution is -2.13. The maximum Gasteiger partial charge on any atom is 0.270 e. The van der Waals surface area contributed by atoms with E-state index < -0.39 is 10.8 Å². The summed E-state index contributed by atoms with van der Waals surface area (Å²) in [6, 6.07) is 10.6. The second kappa shape index (κ2) is 6.23. The van der Waals surface area contributed by atoms with Gasteiger partial charge in [-0.1, -0.05) is 23.7 Å². The average molecular weight is 307 g/mol. The lowest BCUT2D eigenvalue weighted by Gasteiger charge is -2.10. The molecule has 0 aromatic heterocycles. The molecule has 0 spiro atoms. The summed E-state index contributed by atoms with van der Waals surface area (Å²) in [5.74, 6) is -0.264. The fourth-order valence-electron chi connectivity index (χ4n) is 1.72. The Kier molecular flexibility index (Phi) is 4.39. The van der Waals surface area contributed by atoms with Gasteiger partial charge in [-0.05, 0) is 18.2 Å². The highest BCUT2D eigenvalue weighted by Gasteiger charge is 2.12. The van der Waals surface area contributed by atoms with E-state index in [0.29, 0.717) is 11.3 Å². The van der Waals surface area contributed by atoms with E-state index in [1.807, 2.05) is 0 Å². The van der Waals surface area contributed by atoms with Crippen LogP contribution in [-0.4, -0.2) is 10.8 Å². The van der Waals surface area contributed by atoms with Crippen molar-refractivity contribution in [2.45, 2.75) is 6.61 Å². The molecule has 0 aliphatic carbocycles. The van der Waals surface area contributed by atoms with Crippen LogP contribution in [0.3, 0.4) is 0 Å². The number of benzene rings is 2. The molecular weight excluding hydrogens is 296 g/mol. The van der Waals surface area contributed by atoms with Crippen molar-refractivity contribution in [3.63, 3.8) is 0 Å². The van der Waals surface area contributed by atoms with Crippen molar-refractivity contribution in [3.8, 4) is 5.75 Å². The van der Waals surface area contributed by atoms with Gasteiger partial charge in [0.2, 0.25) is 0 Å². The van der Waals surface area contributed by atoms with Gasteiger partial charge in [-0.2, -0.15) is 0 Å². The molecule has 0 fully saturated rings. The van der Waals surface area contributed by atoms with Gasteiger partial charge in [0.15, 0.2) is 0 Å². The van der Waals surface area contributed by atoms with Crippen molar-refractivity contribution >= 4 is 23.2 Å². The second-order valence-corrected chi connectivity index (χ2v) is 4.59. The molecule has 2 N–H and O–H groups in total. The number of nitro groups is 1. The smallest absolute Gasteiger partial charge is 0.270 e. The van der Waals surface area contributed by atoms with Crippen LogP contribution in [0, 0.1) is 10.1 Å².